The number of hydrogen-bond acceptors (Lipinski definition) is 3. The SMILES string of the molecule is CC1(C)CC(CSc2cccc(C#N)c2Cl)C(C)(C)O1. The fraction of sp³-hybridized carbons (Fsp3) is 0.562. The maximum atomic E-state index is 9.01. The lowest BCUT2D eigenvalue weighted by Gasteiger charge is -2.27. The first-order valence-corrected chi connectivity index (χ1v) is 8.13. The molecule has 0 aromatic heterocycles. The molecule has 108 valence electrons. The molecule has 0 spiro atoms. The molecular weight excluding hydrogens is 290 g/mol. The van der Waals surface area contributed by atoms with Gasteiger partial charge < -0.3 is 4.74 Å². The Morgan fingerprint density at radius 1 is 1.40 bits per heavy atom. The normalized spacial score (nSPS) is 23.5. The van der Waals surface area contributed by atoms with Gasteiger partial charge >= 0.3 is 0 Å². The Labute approximate surface area is 130 Å². The molecule has 0 bridgehead atoms. The standard InChI is InChI=1S/C16H20ClNOS/c1-15(2)8-12(16(3,4)19-15)10-20-13-7-5-6-11(9-18)14(13)17/h5-7,12H,8,10H2,1-4H3. The lowest BCUT2D eigenvalue weighted by atomic mass is 9.89. The van der Waals surface area contributed by atoms with Crippen molar-refractivity contribution in [2.24, 2.45) is 5.92 Å². The Morgan fingerprint density at radius 3 is 2.65 bits per heavy atom. The van der Waals surface area contributed by atoms with Gasteiger partial charge in [-0.3, -0.25) is 0 Å². The zero-order chi connectivity index (χ0) is 15.0. The van der Waals surface area contributed by atoms with Gasteiger partial charge in [0.25, 0.3) is 0 Å². The van der Waals surface area contributed by atoms with Crippen molar-refractivity contribution < 1.29 is 4.74 Å². The van der Waals surface area contributed by atoms with Crippen molar-refractivity contribution >= 4 is 23.4 Å². The lowest BCUT2D eigenvalue weighted by molar-refractivity contribution is -0.0725. The largest absolute Gasteiger partial charge is 0.369 e. The van der Waals surface area contributed by atoms with Crippen molar-refractivity contribution in [3.8, 4) is 6.07 Å². The molecule has 0 N–H and O–H groups in total. The van der Waals surface area contributed by atoms with Gasteiger partial charge in [-0.15, -0.1) is 11.8 Å². The van der Waals surface area contributed by atoms with Gasteiger partial charge in [-0.2, -0.15) is 5.26 Å². The van der Waals surface area contributed by atoms with E-state index in [2.05, 4.69) is 33.8 Å². The highest BCUT2D eigenvalue weighted by Crippen LogP contribution is 2.44. The van der Waals surface area contributed by atoms with E-state index in [4.69, 9.17) is 21.6 Å². The Balaban J connectivity index is 2.09. The monoisotopic (exact) mass is 309 g/mol. The van der Waals surface area contributed by atoms with Crippen LogP contribution in [0.25, 0.3) is 0 Å². The van der Waals surface area contributed by atoms with Crippen LogP contribution in [0, 0.1) is 17.2 Å². The van der Waals surface area contributed by atoms with Crippen LogP contribution in [0.5, 0.6) is 0 Å². The number of rotatable bonds is 3. The molecule has 1 unspecified atom stereocenters. The van der Waals surface area contributed by atoms with Crippen LogP contribution in [0.1, 0.15) is 39.7 Å². The predicted octanol–water partition coefficient (Wildman–Crippen LogP) is 4.90. The van der Waals surface area contributed by atoms with Crippen molar-refractivity contribution in [3.05, 3.63) is 28.8 Å². The van der Waals surface area contributed by atoms with Crippen LogP contribution in [-0.2, 0) is 4.74 Å². The van der Waals surface area contributed by atoms with Crippen molar-refractivity contribution in [2.45, 2.75) is 50.2 Å². The quantitative estimate of drug-likeness (QED) is 0.745. The maximum absolute atomic E-state index is 9.01. The highest BCUT2D eigenvalue weighted by Gasteiger charge is 2.45. The van der Waals surface area contributed by atoms with Crippen LogP contribution < -0.4 is 0 Å². The number of thioether (sulfide) groups is 1. The lowest BCUT2D eigenvalue weighted by Crippen LogP contribution is -2.30. The number of hydrogen-bond donors (Lipinski definition) is 0. The van der Waals surface area contributed by atoms with Gasteiger partial charge in [0.15, 0.2) is 0 Å². The van der Waals surface area contributed by atoms with E-state index in [1.54, 1.807) is 17.8 Å². The summed E-state index contributed by atoms with van der Waals surface area (Å²) in [5.74, 6) is 1.43. The minimum Gasteiger partial charge on any atom is -0.369 e. The Bertz CT molecular complexity index is 548. The third-order valence-electron chi connectivity index (χ3n) is 3.78. The first kappa shape index (κ1) is 15.7. The Hall–Kier alpha value is -0.690. The van der Waals surface area contributed by atoms with E-state index in [1.807, 2.05) is 12.1 Å². The van der Waals surface area contributed by atoms with Gasteiger partial charge in [-0.05, 0) is 52.2 Å². The topological polar surface area (TPSA) is 33.0 Å². The second-order valence-electron chi connectivity index (χ2n) is 6.41. The summed E-state index contributed by atoms with van der Waals surface area (Å²) in [6, 6.07) is 7.73. The summed E-state index contributed by atoms with van der Waals surface area (Å²) in [7, 11) is 0. The molecule has 0 amide bonds. The molecule has 1 aromatic rings. The van der Waals surface area contributed by atoms with Crippen molar-refractivity contribution in [1.29, 1.82) is 5.26 Å². The average molecular weight is 310 g/mol. The van der Waals surface area contributed by atoms with Crippen molar-refractivity contribution in [3.63, 3.8) is 0 Å². The van der Waals surface area contributed by atoms with Crippen LogP contribution in [-0.4, -0.2) is 17.0 Å². The number of halogens is 1. The Kier molecular flexibility index (Phi) is 4.39. The molecule has 1 aliphatic rings. The van der Waals surface area contributed by atoms with Gasteiger partial charge in [0.2, 0.25) is 0 Å². The summed E-state index contributed by atoms with van der Waals surface area (Å²) in [4.78, 5) is 0.978. The van der Waals surface area contributed by atoms with E-state index in [-0.39, 0.29) is 11.2 Å². The molecule has 2 nitrogen and oxygen atoms in total. The van der Waals surface area contributed by atoms with E-state index < -0.39 is 0 Å². The second kappa shape index (κ2) is 5.60. The van der Waals surface area contributed by atoms with Crippen molar-refractivity contribution in [2.75, 3.05) is 5.75 Å². The number of benzene rings is 1. The first-order valence-electron chi connectivity index (χ1n) is 6.77. The van der Waals surface area contributed by atoms with Gasteiger partial charge in [-0.1, -0.05) is 17.7 Å². The summed E-state index contributed by atoms with van der Waals surface area (Å²) in [6.45, 7) is 8.59. The zero-order valence-corrected chi connectivity index (χ0v) is 13.9. The van der Waals surface area contributed by atoms with Crippen LogP contribution in [0.4, 0.5) is 0 Å². The predicted molar refractivity (Wildman–Crippen MR) is 84.2 cm³/mol. The molecule has 1 heterocycles. The molecule has 1 atom stereocenters. The van der Waals surface area contributed by atoms with Crippen LogP contribution in [0.3, 0.4) is 0 Å². The number of ether oxygens (including phenoxy) is 1. The molecule has 20 heavy (non-hydrogen) atoms. The van der Waals surface area contributed by atoms with E-state index in [0.717, 1.165) is 17.1 Å². The van der Waals surface area contributed by atoms with E-state index >= 15 is 0 Å². The van der Waals surface area contributed by atoms with Crippen LogP contribution >= 0.6 is 23.4 Å². The molecule has 0 aliphatic carbocycles. The summed E-state index contributed by atoms with van der Waals surface area (Å²) in [5.41, 5.74) is 0.363. The second-order valence-corrected chi connectivity index (χ2v) is 7.85. The molecule has 1 aromatic carbocycles. The highest BCUT2D eigenvalue weighted by atomic mass is 35.5. The molecule has 1 saturated heterocycles. The third kappa shape index (κ3) is 3.31. The van der Waals surface area contributed by atoms with E-state index in [1.165, 1.54) is 0 Å². The van der Waals surface area contributed by atoms with Gasteiger partial charge in [0.1, 0.15) is 6.07 Å². The minimum atomic E-state index is -0.115. The molecule has 1 aliphatic heterocycles. The molecule has 4 heteroatoms. The van der Waals surface area contributed by atoms with Crippen molar-refractivity contribution in [1.82, 2.24) is 0 Å². The summed E-state index contributed by atoms with van der Waals surface area (Å²) < 4.78 is 6.11. The highest BCUT2D eigenvalue weighted by molar-refractivity contribution is 7.99. The maximum Gasteiger partial charge on any atom is 0.101 e. The fourth-order valence-corrected chi connectivity index (χ4v) is 4.48. The average Bonchev–Trinajstić information content (AvgIpc) is 2.55. The van der Waals surface area contributed by atoms with Gasteiger partial charge in [-0.25, -0.2) is 0 Å². The Morgan fingerprint density at radius 2 is 2.10 bits per heavy atom. The number of nitrogens with zero attached hydrogens (tertiary/aromatic N) is 1. The summed E-state index contributed by atoms with van der Waals surface area (Å²) in [6.07, 6.45) is 1.04. The van der Waals surface area contributed by atoms with Crippen LogP contribution in [0.2, 0.25) is 5.02 Å². The smallest absolute Gasteiger partial charge is 0.101 e. The molecular formula is C16H20ClNOS. The van der Waals surface area contributed by atoms with Crippen LogP contribution in [0.15, 0.2) is 23.1 Å². The first-order chi connectivity index (χ1) is 9.25. The molecule has 0 radical (unpaired) electrons. The van der Waals surface area contributed by atoms with E-state index in [0.29, 0.717) is 16.5 Å². The molecule has 0 saturated carbocycles. The summed E-state index contributed by atoms with van der Waals surface area (Å²) in [5, 5.41) is 9.58. The number of nitriles is 1. The third-order valence-corrected chi connectivity index (χ3v) is 5.52. The zero-order valence-electron chi connectivity index (χ0n) is 12.4. The van der Waals surface area contributed by atoms with Gasteiger partial charge in [0, 0.05) is 10.6 Å². The van der Waals surface area contributed by atoms with Gasteiger partial charge in [0.05, 0.1) is 21.8 Å². The minimum absolute atomic E-state index is 0.0625. The van der Waals surface area contributed by atoms with E-state index in [9.17, 15) is 0 Å². The fourth-order valence-electron chi connectivity index (χ4n) is 2.83. The molecule has 2 rings (SSSR count). The molecule has 1 fully saturated rings. The summed E-state index contributed by atoms with van der Waals surface area (Å²) >= 11 is 7.96.